The Kier molecular flexibility index (Phi) is 8.29. The number of nitrogens with one attached hydrogen (secondary N) is 1. The Morgan fingerprint density at radius 1 is 0.781 bits per heavy atom. The highest BCUT2D eigenvalue weighted by Crippen LogP contribution is 2.64. The molecule has 0 aliphatic heterocycles. The number of hydrogen-bond donors (Lipinski definition) is 1. The fraction of sp³-hybridized carbons (Fsp3) is 0.538. The molecule has 1 atom stereocenters. The van der Waals surface area contributed by atoms with E-state index in [4.69, 9.17) is 13.8 Å². The molecule has 2 fully saturated rings. The third-order valence-corrected chi connectivity index (χ3v) is 8.77. The van der Waals surface area contributed by atoms with Crippen molar-refractivity contribution in [1.29, 1.82) is 0 Å². The van der Waals surface area contributed by atoms with Gasteiger partial charge in [-0.05, 0) is 55.5 Å². The zero-order valence-corrected chi connectivity index (χ0v) is 20.0. The molecule has 32 heavy (non-hydrogen) atoms. The van der Waals surface area contributed by atoms with Gasteiger partial charge >= 0.3 is 7.60 Å². The summed E-state index contributed by atoms with van der Waals surface area (Å²) in [5, 5.41) is 3.50. The zero-order valence-electron chi connectivity index (χ0n) is 19.1. The first kappa shape index (κ1) is 23.4. The van der Waals surface area contributed by atoms with Gasteiger partial charge in [0.2, 0.25) is 0 Å². The molecule has 1 N–H and O–H groups in total. The van der Waals surface area contributed by atoms with Crippen molar-refractivity contribution in [3.8, 4) is 5.75 Å². The number of ether oxygens (including phenoxy) is 1. The average Bonchev–Trinajstić information content (AvgIpc) is 2.84. The van der Waals surface area contributed by atoms with Crippen LogP contribution in [-0.2, 0) is 13.6 Å². The second-order valence-electron chi connectivity index (χ2n) is 8.96. The van der Waals surface area contributed by atoms with E-state index in [-0.39, 0.29) is 12.2 Å². The maximum Gasteiger partial charge on any atom is 0.357 e. The quantitative estimate of drug-likeness (QED) is 0.391. The highest BCUT2D eigenvalue weighted by molar-refractivity contribution is 7.54. The highest BCUT2D eigenvalue weighted by Gasteiger charge is 2.42. The average molecular weight is 458 g/mol. The van der Waals surface area contributed by atoms with Crippen molar-refractivity contribution in [3.63, 3.8) is 0 Å². The minimum atomic E-state index is -3.53. The van der Waals surface area contributed by atoms with Gasteiger partial charge < -0.3 is 19.1 Å². The maximum absolute atomic E-state index is 14.7. The van der Waals surface area contributed by atoms with E-state index >= 15 is 0 Å². The lowest BCUT2D eigenvalue weighted by atomic mass is 9.98. The number of benzene rings is 2. The summed E-state index contributed by atoms with van der Waals surface area (Å²) in [4.78, 5) is 0. The van der Waals surface area contributed by atoms with Gasteiger partial charge in [-0.1, -0.05) is 68.9 Å². The van der Waals surface area contributed by atoms with Crippen molar-refractivity contribution >= 4 is 13.3 Å². The van der Waals surface area contributed by atoms with Gasteiger partial charge in [0.1, 0.15) is 5.75 Å². The van der Waals surface area contributed by atoms with Crippen molar-refractivity contribution in [2.75, 3.05) is 12.4 Å². The Morgan fingerprint density at radius 3 is 1.81 bits per heavy atom. The van der Waals surface area contributed by atoms with E-state index in [0.29, 0.717) is 0 Å². The number of anilines is 1. The largest absolute Gasteiger partial charge is 0.497 e. The fourth-order valence-electron chi connectivity index (χ4n) is 4.73. The van der Waals surface area contributed by atoms with E-state index in [9.17, 15) is 4.57 Å². The molecular formula is C26H36NO4P. The molecule has 0 heterocycles. The van der Waals surface area contributed by atoms with Crippen LogP contribution in [0.1, 0.15) is 75.6 Å². The summed E-state index contributed by atoms with van der Waals surface area (Å²) in [5.41, 5.74) is 1.78. The first-order valence-corrected chi connectivity index (χ1v) is 13.7. The summed E-state index contributed by atoms with van der Waals surface area (Å²) in [6.07, 6.45) is 10.7. The fourth-order valence-corrected chi connectivity index (χ4v) is 7.12. The Labute approximate surface area is 192 Å². The van der Waals surface area contributed by atoms with Gasteiger partial charge in [0.05, 0.1) is 19.3 Å². The lowest BCUT2D eigenvalue weighted by molar-refractivity contribution is 0.0758. The van der Waals surface area contributed by atoms with Crippen LogP contribution in [0.2, 0.25) is 0 Å². The zero-order chi connectivity index (χ0) is 22.2. The van der Waals surface area contributed by atoms with Crippen LogP contribution in [0.4, 0.5) is 5.69 Å². The summed E-state index contributed by atoms with van der Waals surface area (Å²) in [5.74, 6) is 0.183. The summed E-state index contributed by atoms with van der Waals surface area (Å²) in [6, 6.07) is 17.6. The third kappa shape index (κ3) is 6.15. The van der Waals surface area contributed by atoms with Crippen LogP contribution in [0, 0.1) is 0 Å². The van der Waals surface area contributed by atoms with Crippen LogP contribution in [0.15, 0.2) is 54.6 Å². The van der Waals surface area contributed by atoms with Gasteiger partial charge in [0.15, 0.2) is 5.78 Å². The van der Waals surface area contributed by atoms with Gasteiger partial charge in [-0.3, -0.25) is 4.57 Å². The van der Waals surface area contributed by atoms with Gasteiger partial charge in [0.25, 0.3) is 0 Å². The number of methoxy groups -OCH3 is 1. The third-order valence-electron chi connectivity index (χ3n) is 6.52. The smallest absolute Gasteiger partial charge is 0.357 e. The Hall–Kier alpha value is -1.81. The molecule has 0 aromatic heterocycles. The first-order valence-electron chi connectivity index (χ1n) is 12.1. The van der Waals surface area contributed by atoms with Gasteiger partial charge in [-0.15, -0.1) is 0 Å². The molecule has 0 bridgehead atoms. The summed E-state index contributed by atoms with van der Waals surface area (Å²) in [7, 11) is -1.88. The predicted molar refractivity (Wildman–Crippen MR) is 129 cm³/mol. The van der Waals surface area contributed by atoms with E-state index in [1.807, 2.05) is 54.6 Å². The molecule has 2 aliphatic carbocycles. The summed E-state index contributed by atoms with van der Waals surface area (Å²) >= 11 is 0. The Morgan fingerprint density at radius 2 is 1.31 bits per heavy atom. The van der Waals surface area contributed by atoms with Crippen molar-refractivity contribution < 1.29 is 18.3 Å². The van der Waals surface area contributed by atoms with Crippen LogP contribution in [-0.4, -0.2) is 19.3 Å². The SMILES string of the molecule is COc1ccc(C(Nc2ccccc2)P(=O)(OC2CCCCC2)OC2CCCCC2)cc1. The van der Waals surface area contributed by atoms with Crippen LogP contribution < -0.4 is 10.1 Å². The van der Waals surface area contributed by atoms with Crippen LogP contribution in [0.25, 0.3) is 0 Å². The second-order valence-corrected chi connectivity index (χ2v) is 11.0. The van der Waals surface area contributed by atoms with Crippen LogP contribution in [0.3, 0.4) is 0 Å². The molecule has 174 valence electrons. The molecule has 2 aliphatic rings. The first-order chi connectivity index (χ1) is 15.7. The van der Waals surface area contributed by atoms with Crippen molar-refractivity contribution in [2.24, 2.45) is 0 Å². The van der Waals surface area contributed by atoms with Gasteiger partial charge in [-0.2, -0.15) is 0 Å². The molecule has 5 nitrogen and oxygen atoms in total. The molecule has 4 rings (SSSR count). The molecule has 0 saturated heterocycles. The standard InChI is InChI=1S/C26H36NO4P/c1-29-23-19-17-21(18-20-23)26(27-22-11-5-2-6-12-22)32(28,30-24-13-7-3-8-14-24)31-25-15-9-4-10-16-25/h2,5-6,11-12,17-20,24-27H,3-4,7-10,13-16H2,1H3. The number of para-hydroxylation sites is 1. The van der Waals surface area contributed by atoms with Crippen LogP contribution >= 0.6 is 7.60 Å². The number of rotatable bonds is 9. The lowest BCUT2D eigenvalue weighted by Crippen LogP contribution is -2.25. The second kappa shape index (κ2) is 11.4. The molecular weight excluding hydrogens is 421 g/mol. The maximum atomic E-state index is 14.7. The summed E-state index contributed by atoms with van der Waals surface area (Å²) < 4.78 is 32.9. The molecule has 2 saturated carbocycles. The molecule has 1 unspecified atom stereocenters. The van der Waals surface area contributed by atoms with E-state index in [1.54, 1.807) is 7.11 Å². The summed E-state index contributed by atoms with van der Waals surface area (Å²) in [6.45, 7) is 0. The Balaban J connectivity index is 1.68. The lowest BCUT2D eigenvalue weighted by Gasteiger charge is -2.36. The predicted octanol–water partition coefficient (Wildman–Crippen LogP) is 7.70. The molecule has 0 radical (unpaired) electrons. The van der Waals surface area contributed by atoms with E-state index in [2.05, 4.69) is 5.32 Å². The molecule has 0 spiro atoms. The van der Waals surface area contributed by atoms with E-state index in [1.165, 1.54) is 12.8 Å². The number of hydrogen-bond acceptors (Lipinski definition) is 5. The van der Waals surface area contributed by atoms with Crippen molar-refractivity contribution in [1.82, 2.24) is 0 Å². The van der Waals surface area contributed by atoms with E-state index < -0.39 is 13.4 Å². The van der Waals surface area contributed by atoms with Gasteiger partial charge in [-0.25, -0.2) is 0 Å². The van der Waals surface area contributed by atoms with E-state index in [0.717, 1.165) is 68.4 Å². The topological polar surface area (TPSA) is 56.8 Å². The molecule has 0 amide bonds. The molecule has 2 aromatic carbocycles. The minimum absolute atomic E-state index is 0.0171. The van der Waals surface area contributed by atoms with Gasteiger partial charge in [0, 0.05) is 5.69 Å². The Bertz CT molecular complexity index is 837. The highest BCUT2D eigenvalue weighted by atomic mass is 31.2. The molecule has 6 heteroatoms. The van der Waals surface area contributed by atoms with Crippen molar-refractivity contribution in [3.05, 3.63) is 60.2 Å². The van der Waals surface area contributed by atoms with Crippen LogP contribution in [0.5, 0.6) is 5.75 Å². The minimum Gasteiger partial charge on any atom is -0.497 e. The molecule has 2 aromatic rings. The normalized spacial score (nSPS) is 19.4. The monoisotopic (exact) mass is 457 g/mol. The van der Waals surface area contributed by atoms with Crippen molar-refractivity contribution in [2.45, 2.75) is 82.2 Å².